The summed E-state index contributed by atoms with van der Waals surface area (Å²) in [5, 5.41) is 34.7. The summed E-state index contributed by atoms with van der Waals surface area (Å²) in [6.07, 6.45) is 19.3. The number of hydrogen-bond acceptors (Lipinski definition) is 13. The van der Waals surface area contributed by atoms with E-state index in [9.17, 15) is 29.7 Å². The molecule has 4 aromatic heterocycles. The van der Waals surface area contributed by atoms with Gasteiger partial charge in [0.2, 0.25) is 0 Å². The Kier molecular flexibility index (Phi) is 18.7. The van der Waals surface area contributed by atoms with Crippen LogP contribution in [0.3, 0.4) is 0 Å². The molecule has 101 heavy (non-hydrogen) atoms. The molecule has 5 N–H and O–H groups in total. The van der Waals surface area contributed by atoms with Gasteiger partial charge in [-0.05, 0) is 220 Å². The predicted octanol–water partition coefficient (Wildman–Crippen LogP) is 16.3. The van der Waals surface area contributed by atoms with Gasteiger partial charge in [0.05, 0.1) is 32.4 Å². The fourth-order valence-corrected chi connectivity index (χ4v) is 23.7. The Morgan fingerprint density at radius 1 is 0.436 bits per heavy atom. The highest BCUT2D eigenvalue weighted by molar-refractivity contribution is 6.61. The van der Waals surface area contributed by atoms with E-state index in [0.29, 0.717) is 47.4 Å². The minimum absolute atomic E-state index is 0.253. The number of aromatic hydroxyl groups is 3. The number of rotatable bonds is 4. The maximum absolute atomic E-state index is 12.7. The Balaban J connectivity index is 0.000000102. The van der Waals surface area contributed by atoms with Crippen LogP contribution in [0.15, 0.2) is 72.8 Å². The van der Waals surface area contributed by atoms with E-state index in [0.717, 1.165) is 132 Å². The average molecular weight is 1390 g/mol. The van der Waals surface area contributed by atoms with Crippen molar-refractivity contribution < 1.29 is 43.9 Å². The number of phenols is 3. The Morgan fingerprint density at radius 2 is 0.762 bits per heavy atom. The van der Waals surface area contributed by atoms with E-state index in [1.165, 1.54) is 181 Å². The number of aromatic nitrogens is 4. The number of nitrogens with zero attached hydrogens (tertiary/aromatic N) is 6. The van der Waals surface area contributed by atoms with Crippen LogP contribution in [-0.2, 0) is 39.9 Å². The molecule has 24 rings (SSSR count). The van der Waals surface area contributed by atoms with Crippen molar-refractivity contribution in [3.8, 4) is 17.2 Å². The van der Waals surface area contributed by atoms with Crippen LogP contribution in [-0.4, -0.2) is 169 Å². The van der Waals surface area contributed by atoms with E-state index >= 15 is 0 Å². The standard InChI is InChI=1S/2C21H26N2O3.C20H26N2.C19H24N2O.C2H3ClO2/c2*1-3-13-8-12-9-17-19(13)22(11-12)7-6-15-16-10-14(24)4-5-18(16)23(20(15)17)21(25)26-2;1-3-14-9-13-10-17-19-15(6-7-22(11-13)20(14)17)16-8-12(2)4-5-18(16)21-19;1-2-12-7-11-8-16-18-14(5-6-21(10-11)19(12)16)15-9-13(22)3-4-17(15)20-18;1-5-2(3)4/h2*4-5,10,12-13,17,19,24H,3,6-9,11H2,1-2H3;4-5,8,13-14,17,20-21H,3,6-7,9-11H2,1-2H3;3-4,9,11-12,16,19-20,22H,2,5-8,10H2,1H3;1H3/t2*12?,13?,17-,19?;13?,14?,17-,20?;11?,12?,16-,19?;/m1100./s1. The minimum atomic E-state index is -0.773. The lowest BCUT2D eigenvalue weighted by molar-refractivity contribution is -0.0140. The highest BCUT2D eigenvalue weighted by atomic mass is 35.5. The van der Waals surface area contributed by atoms with Crippen molar-refractivity contribution >= 4 is 72.8 Å². The first kappa shape index (κ1) is 68.4. The summed E-state index contributed by atoms with van der Waals surface area (Å²) in [5.41, 5.74) is 15.8. The second-order valence-corrected chi connectivity index (χ2v) is 32.7. The third kappa shape index (κ3) is 11.8. The molecule has 8 saturated heterocycles. The number of piperidine rings is 8. The molecule has 12 fully saturated rings. The van der Waals surface area contributed by atoms with Crippen molar-refractivity contribution in [1.82, 2.24) is 38.7 Å². The van der Waals surface area contributed by atoms with Crippen LogP contribution in [0.25, 0.3) is 43.6 Å². The maximum Gasteiger partial charge on any atom is 0.418 e. The molecule has 17 nitrogen and oxygen atoms in total. The topological polar surface area (TPSA) is 194 Å². The molecular weight excluding hydrogens is 1290 g/mol. The second-order valence-electron chi connectivity index (χ2n) is 32.4. The molecule has 20 atom stereocenters. The lowest BCUT2D eigenvalue weighted by atomic mass is 9.65. The summed E-state index contributed by atoms with van der Waals surface area (Å²) in [6.45, 7) is 21.2. The van der Waals surface area contributed by atoms with Crippen LogP contribution in [0.2, 0.25) is 0 Å². The lowest BCUT2D eigenvalue weighted by Gasteiger charge is -2.53. The SMILES string of the molecule is CCC1CC2C[C@H]3c4[nH]c5ccc(C)cc5c4CCN(C2)C13.CCC1CC2C[C@H]3c4[nH]c5ccc(O)cc5c4CCN(C2)C13.CCC1CC2C[C@H]3c4c(c5cc(O)ccc5n4C(=O)OC)CCN(C2)C13.CCC1CC2C[C@H]3c4c(c5cc(O)ccc5n4C(=O)OC)CCN(C2)C13.COC(=O)Cl. The third-order valence-corrected chi connectivity index (χ3v) is 27.5. The van der Waals surface area contributed by atoms with Gasteiger partial charge in [-0.25, -0.2) is 23.5 Å². The molecular formula is C83H105ClN8O9. The molecule has 4 saturated carbocycles. The fraction of sp³-hybridized carbons (Fsp3) is 0.578. The number of ether oxygens (including phenoxy) is 3. The van der Waals surface area contributed by atoms with Crippen molar-refractivity contribution in [2.75, 3.05) is 73.7 Å². The number of methoxy groups -OCH3 is 3. The Morgan fingerprint density at radius 3 is 1.13 bits per heavy atom. The lowest BCUT2D eigenvalue weighted by Crippen LogP contribution is -2.56. The number of benzene rings is 4. The molecule has 12 aliphatic heterocycles. The minimum Gasteiger partial charge on any atom is -0.508 e. The van der Waals surface area contributed by atoms with E-state index in [2.05, 4.69) is 98.7 Å². The average Bonchev–Trinajstić information content (AvgIpc) is 0.859. The number of carbonyl (C=O) groups is 3. The summed E-state index contributed by atoms with van der Waals surface area (Å²) in [6, 6.07) is 25.9. The summed E-state index contributed by atoms with van der Waals surface area (Å²) in [4.78, 5) is 53.4. The first-order valence-corrected chi connectivity index (χ1v) is 38.9. The predicted molar refractivity (Wildman–Crippen MR) is 397 cm³/mol. The smallest absolute Gasteiger partial charge is 0.418 e. The molecule has 8 aromatic rings. The van der Waals surface area contributed by atoms with Crippen LogP contribution in [0.1, 0.15) is 179 Å². The van der Waals surface area contributed by atoms with Crippen LogP contribution in [0, 0.1) is 54.3 Å². The monoisotopic (exact) mass is 1390 g/mol. The van der Waals surface area contributed by atoms with Gasteiger partial charge in [-0.2, -0.15) is 0 Å². The van der Waals surface area contributed by atoms with Crippen LogP contribution < -0.4 is 0 Å². The normalized spacial score (nSPS) is 32.8. The molecule has 0 spiro atoms. The number of carbonyl (C=O) groups excluding carboxylic acids is 3. The molecule has 16 bridgehead atoms. The molecule has 0 amide bonds. The number of halogens is 1. The summed E-state index contributed by atoms with van der Waals surface area (Å²) in [7, 11) is 4.12. The first-order valence-electron chi connectivity index (χ1n) is 38.5. The zero-order chi connectivity index (χ0) is 70.0. The number of H-pyrrole nitrogens is 2. The van der Waals surface area contributed by atoms with Gasteiger partial charge in [0.1, 0.15) is 17.2 Å². The van der Waals surface area contributed by atoms with E-state index in [1.54, 1.807) is 38.6 Å². The van der Waals surface area contributed by atoms with E-state index in [4.69, 9.17) is 9.47 Å². The molecule has 538 valence electrons. The quantitative estimate of drug-likeness (QED) is 0.0826. The summed E-state index contributed by atoms with van der Waals surface area (Å²) in [5.74, 6) is 9.50. The summed E-state index contributed by atoms with van der Waals surface area (Å²) >= 11 is 4.60. The Bertz CT molecular complexity index is 4200. The van der Waals surface area contributed by atoms with E-state index in [-0.39, 0.29) is 23.7 Å². The molecule has 0 radical (unpaired) electrons. The van der Waals surface area contributed by atoms with Gasteiger partial charge < -0.3 is 39.5 Å². The highest BCUT2D eigenvalue weighted by Gasteiger charge is 2.54. The second kappa shape index (κ2) is 27.5. The van der Waals surface area contributed by atoms with Crippen LogP contribution >= 0.6 is 11.6 Å². The van der Waals surface area contributed by atoms with Gasteiger partial charge in [0, 0.05) is 167 Å². The Labute approximate surface area is 599 Å². The van der Waals surface area contributed by atoms with Crippen molar-refractivity contribution in [3.05, 3.63) is 123 Å². The molecule has 16 aliphatic rings. The number of fused-ring (bicyclic) bond motifs is 16. The largest absolute Gasteiger partial charge is 0.508 e. The number of nitrogens with one attached hydrogen (secondary N) is 2. The van der Waals surface area contributed by atoms with Gasteiger partial charge in [-0.1, -0.05) is 65.0 Å². The third-order valence-electron chi connectivity index (χ3n) is 27.4. The van der Waals surface area contributed by atoms with E-state index < -0.39 is 5.43 Å². The van der Waals surface area contributed by atoms with Crippen molar-refractivity contribution in [2.24, 2.45) is 47.3 Å². The molecule has 16 heterocycles. The fourth-order valence-electron chi connectivity index (χ4n) is 23.7. The van der Waals surface area contributed by atoms with Crippen molar-refractivity contribution in [1.29, 1.82) is 0 Å². The first-order chi connectivity index (χ1) is 49.0. The van der Waals surface area contributed by atoms with E-state index in [1.807, 2.05) is 36.4 Å². The molecule has 18 heteroatoms. The zero-order valence-corrected chi connectivity index (χ0v) is 61.2. The van der Waals surface area contributed by atoms with Crippen molar-refractivity contribution in [2.45, 2.75) is 185 Å². The zero-order valence-electron chi connectivity index (χ0n) is 60.5. The van der Waals surface area contributed by atoms with Crippen molar-refractivity contribution in [3.63, 3.8) is 0 Å². The van der Waals surface area contributed by atoms with Gasteiger partial charge in [0.15, 0.2) is 0 Å². The van der Waals surface area contributed by atoms with Gasteiger partial charge in [-0.3, -0.25) is 19.6 Å². The van der Waals surface area contributed by atoms with Gasteiger partial charge in [-0.15, -0.1) is 0 Å². The maximum atomic E-state index is 12.7. The Hall–Kier alpha value is -7.02. The number of hydrogen-bond donors (Lipinski definition) is 5. The number of aryl methyl sites for hydroxylation is 1. The van der Waals surface area contributed by atoms with Gasteiger partial charge >= 0.3 is 17.6 Å². The molecule has 16 unspecified atom stereocenters. The number of aromatic amines is 2. The van der Waals surface area contributed by atoms with Gasteiger partial charge in [0.25, 0.3) is 0 Å². The van der Waals surface area contributed by atoms with Crippen LogP contribution in [0.4, 0.5) is 14.4 Å². The van der Waals surface area contributed by atoms with Crippen LogP contribution in [0.5, 0.6) is 17.2 Å². The molecule has 4 aromatic carbocycles. The number of phenolic OH excluding ortho intramolecular Hbond substituents is 3. The highest BCUT2D eigenvalue weighted by Crippen LogP contribution is 2.57. The molecule has 4 aliphatic carbocycles. The summed E-state index contributed by atoms with van der Waals surface area (Å²) < 4.78 is 17.8.